The van der Waals surface area contributed by atoms with Gasteiger partial charge in [0.2, 0.25) is 0 Å². The third-order valence-electron chi connectivity index (χ3n) is 5.76. The molecule has 2 aromatic heterocycles. The highest BCUT2D eigenvalue weighted by molar-refractivity contribution is 7.73. The number of rotatable bonds is 11. The van der Waals surface area contributed by atoms with Crippen molar-refractivity contribution in [1.82, 2.24) is 0 Å². The van der Waals surface area contributed by atoms with Crippen molar-refractivity contribution in [2.45, 2.75) is 109 Å². The van der Waals surface area contributed by atoms with Gasteiger partial charge in [0.15, 0.2) is 0 Å². The number of allylic oxidation sites excluding steroid dienone is 1. The summed E-state index contributed by atoms with van der Waals surface area (Å²) in [6.07, 6.45) is 9.39. The Bertz CT molecular complexity index is 715. The molecule has 0 N–H and O–H groups in total. The van der Waals surface area contributed by atoms with Gasteiger partial charge >= 0.3 is 0 Å². The molecule has 0 spiro atoms. The number of furan rings is 2. The lowest BCUT2D eigenvalue weighted by Crippen LogP contribution is -2.33. The summed E-state index contributed by atoms with van der Waals surface area (Å²) in [7, 11) is -0.893. The summed E-state index contributed by atoms with van der Waals surface area (Å²) in [5.41, 5.74) is 4.64. The quantitative estimate of drug-likeness (QED) is 0.247. The molecule has 0 aliphatic heterocycles. The molecule has 0 saturated heterocycles. The minimum Gasteiger partial charge on any atom is -0.464 e. The summed E-state index contributed by atoms with van der Waals surface area (Å²) < 4.78 is 12.0. The maximum Gasteiger partial charge on any atom is 0.133 e. The average molecular weight is 463 g/mol. The third-order valence-corrected chi connectivity index (χ3v) is 12.3. The normalized spacial score (nSPS) is 14.9. The second kappa shape index (κ2) is 11.3. The maximum absolute atomic E-state index is 5.98. The van der Waals surface area contributed by atoms with Crippen LogP contribution in [0.5, 0.6) is 0 Å². The summed E-state index contributed by atoms with van der Waals surface area (Å²) >= 11 is 0. The van der Waals surface area contributed by atoms with Crippen LogP contribution in [0.1, 0.15) is 87.5 Å². The Kier molecular flexibility index (Phi) is 9.66. The van der Waals surface area contributed by atoms with Crippen LogP contribution in [0.4, 0.5) is 0 Å². The summed E-state index contributed by atoms with van der Waals surface area (Å²) in [5, 5.41) is 0.629. The van der Waals surface area contributed by atoms with E-state index in [0.29, 0.717) is 21.6 Å². The molecule has 0 radical (unpaired) electrons. The second-order valence-corrected chi connectivity index (χ2v) is 17.4. The van der Waals surface area contributed by atoms with E-state index in [0.717, 1.165) is 23.8 Å². The standard InChI is InChI=1S/C27H44O2P2/c1-10-11-14-21(2)19-23(20-22(3)31(26(4,5)6)27(7,8)9)30(24-15-12-17-28-24)25-16-13-18-29-25/h12-13,15-18,22-23H,2,10-11,14,19-20H2,1,3-9H3/t22-,23-/m1/s1. The fourth-order valence-electron chi connectivity index (χ4n) is 5.25. The molecular weight excluding hydrogens is 418 g/mol. The van der Waals surface area contributed by atoms with Gasteiger partial charge in [-0.2, -0.15) is 0 Å². The summed E-state index contributed by atoms with van der Waals surface area (Å²) in [6, 6.07) is 8.29. The fourth-order valence-corrected chi connectivity index (χ4v) is 13.3. The van der Waals surface area contributed by atoms with Crippen LogP contribution in [0.2, 0.25) is 0 Å². The molecule has 2 atom stereocenters. The van der Waals surface area contributed by atoms with Crippen molar-refractivity contribution in [3.05, 3.63) is 48.9 Å². The Labute approximate surface area is 193 Å². The van der Waals surface area contributed by atoms with Gasteiger partial charge in [0.25, 0.3) is 0 Å². The SMILES string of the molecule is C=C(CCCC)C[C@H](C[C@@H](C)P(C(C)(C)C)C(C)(C)C)P(c1ccco1)c1ccco1. The Morgan fingerprint density at radius 2 is 1.48 bits per heavy atom. The second-order valence-electron chi connectivity index (χ2n) is 10.8. The van der Waals surface area contributed by atoms with E-state index in [1.807, 2.05) is 12.1 Å². The smallest absolute Gasteiger partial charge is 0.133 e. The van der Waals surface area contributed by atoms with Crippen molar-refractivity contribution < 1.29 is 8.83 Å². The number of unbranched alkanes of at least 4 members (excludes halogenated alkanes) is 1. The molecule has 0 fully saturated rings. The highest BCUT2D eigenvalue weighted by atomic mass is 31.1. The molecule has 0 aliphatic carbocycles. The zero-order chi connectivity index (χ0) is 23.2. The lowest BCUT2D eigenvalue weighted by atomic mass is 10.0. The fraction of sp³-hybridized carbons (Fsp3) is 0.630. The van der Waals surface area contributed by atoms with Gasteiger partial charge in [-0.15, -0.1) is 0 Å². The van der Waals surface area contributed by atoms with Crippen LogP contribution in [0, 0.1) is 0 Å². The molecule has 174 valence electrons. The van der Waals surface area contributed by atoms with E-state index in [2.05, 4.69) is 74.1 Å². The van der Waals surface area contributed by atoms with Crippen molar-refractivity contribution in [2.75, 3.05) is 0 Å². The van der Waals surface area contributed by atoms with E-state index in [9.17, 15) is 0 Å². The average Bonchev–Trinajstić information content (AvgIpc) is 3.32. The van der Waals surface area contributed by atoms with Gasteiger partial charge in [0.05, 0.1) is 12.5 Å². The van der Waals surface area contributed by atoms with Crippen molar-refractivity contribution >= 4 is 26.8 Å². The minimum absolute atomic E-state index is 0.193. The molecule has 31 heavy (non-hydrogen) atoms. The molecule has 0 amide bonds. The van der Waals surface area contributed by atoms with E-state index >= 15 is 0 Å². The van der Waals surface area contributed by atoms with Crippen LogP contribution in [0.3, 0.4) is 0 Å². The van der Waals surface area contributed by atoms with Crippen LogP contribution >= 0.6 is 15.8 Å². The predicted molar refractivity (Wildman–Crippen MR) is 141 cm³/mol. The van der Waals surface area contributed by atoms with Crippen LogP contribution < -0.4 is 11.0 Å². The van der Waals surface area contributed by atoms with E-state index < -0.39 is 7.92 Å². The summed E-state index contributed by atoms with van der Waals surface area (Å²) in [4.78, 5) is 0. The molecule has 0 aromatic carbocycles. The first kappa shape index (κ1) is 26.4. The first-order valence-corrected chi connectivity index (χ1v) is 14.6. The predicted octanol–water partition coefficient (Wildman–Crippen LogP) is 8.67. The van der Waals surface area contributed by atoms with Gasteiger partial charge in [0.1, 0.15) is 11.0 Å². The lowest BCUT2D eigenvalue weighted by Gasteiger charge is -2.46. The van der Waals surface area contributed by atoms with E-state index in [-0.39, 0.29) is 7.92 Å². The minimum atomic E-state index is -0.701. The van der Waals surface area contributed by atoms with Crippen LogP contribution in [-0.4, -0.2) is 21.6 Å². The van der Waals surface area contributed by atoms with E-state index in [1.54, 1.807) is 12.5 Å². The van der Waals surface area contributed by atoms with Crippen molar-refractivity contribution in [3.63, 3.8) is 0 Å². The van der Waals surface area contributed by atoms with Crippen LogP contribution in [0.15, 0.2) is 57.8 Å². The largest absolute Gasteiger partial charge is 0.464 e. The summed E-state index contributed by atoms with van der Waals surface area (Å²) in [6.45, 7) is 23.8. The topological polar surface area (TPSA) is 26.3 Å². The van der Waals surface area contributed by atoms with Crippen LogP contribution in [-0.2, 0) is 0 Å². The van der Waals surface area contributed by atoms with Crippen LogP contribution in [0.25, 0.3) is 0 Å². The number of hydrogen-bond donors (Lipinski definition) is 0. The van der Waals surface area contributed by atoms with Gasteiger partial charge in [0, 0.05) is 7.92 Å². The highest BCUT2D eigenvalue weighted by Crippen LogP contribution is 2.64. The molecule has 2 heterocycles. The van der Waals surface area contributed by atoms with E-state index in [4.69, 9.17) is 8.83 Å². The van der Waals surface area contributed by atoms with Gasteiger partial charge in [-0.1, -0.05) is 81.9 Å². The van der Waals surface area contributed by atoms with Gasteiger partial charge in [-0.05, 0) is 71.6 Å². The molecule has 0 unspecified atom stereocenters. The van der Waals surface area contributed by atoms with Crippen molar-refractivity contribution in [3.8, 4) is 0 Å². The van der Waals surface area contributed by atoms with Gasteiger partial charge in [-0.3, -0.25) is 0 Å². The van der Waals surface area contributed by atoms with Gasteiger partial charge < -0.3 is 8.83 Å². The Balaban J connectivity index is 2.40. The molecule has 2 aromatic rings. The molecule has 4 heteroatoms. The Morgan fingerprint density at radius 1 is 0.968 bits per heavy atom. The molecule has 0 bridgehead atoms. The number of hydrogen-bond acceptors (Lipinski definition) is 2. The molecular formula is C27H44O2P2. The van der Waals surface area contributed by atoms with E-state index in [1.165, 1.54) is 24.8 Å². The maximum atomic E-state index is 5.98. The van der Waals surface area contributed by atoms with Crippen molar-refractivity contribution in [1.29, 1.82) is 0 Å². The first-order valence-electron chi connectivity index (χ1n) is 11.8. The molecule has 2 nitrogen and oxygen atoms in total. The monoisotopic (exact) mass is 462 g/mol. The third kappa shape index (κ3) is 7.61. The molecule has 2 rings (SSSR count). The highest BCUT2D eigenvalue weighted by Gasteiger charge is 2.40. The first-order chi connectivity index (χ1) is 14.4. The van der Waals surface area contributed by atoms with Gasteiger partial charge in [-0.25, -0.2) is 0 Å². The molecule has 0 aliphatic rings. The molecule has 0 saturated carbocycles. The Morgan fingerprint density at radius 3 is 1.87 bits per heavy atom. The lowest BCUT2D eigenvalue weighted by molar-refractivity contribution is 0.586. The van der Waals surface area contributed by atoms with Crippen molar-refractivity contribution in [2.24, 2.45) is 0 Å². The zero-order valence-corrected chi connectivity index (χ0v) is 22.9. The Hall–Kier alpha value is -0.840. The summed E-state index contributed by atoms with van der Waals surface area (Å²) in [5.74, 6) is 0. The zero-order valence-electron chi connectivity index (χ0n) is 21.1.